The molecular formula is C14H13BrN2O2. The van der Waals surface area contributed by atoms with Gasteiger partial charge in [-0.05, 0) is 36.2 Å². The van der Waals surface area contributed by atoms with Crippen LogP contribution >= 0.6 is 15.9 Å². The third kappa shape index (κ3) is 3.79. The first-order chi connectivity index (χ1) is 9.16. The SMILES string of the molecule is O=C(O)c1ccc(Br)cc1NCCc1cccnc1. The lowest BCUT2D eigenvalue weighted by atomic mass is 10.1. The van der Waals surface area contributed by atoms with Gasteiger partial charge >= 0.3 is 5.97 Å². The van der Waals surface area contributed by atoms with E-state index in [1.807, 2.05) is 12.1 Å². The molecule has 0 aliphatic rings. The minimum atomic E-state index is -0.934. The number of nitrogens with one attached hydrogen (secondary N) is 1. The van der Waals surface area contributed by atoms with Crippen LogP contribution < -0.4 is 5.32 Å². The van der Waals surface area contributed by atoms with Gasteiger partial charge in [-0.2, -0.15) is 0 Å². The summed E-state index contributed by atoms with van der Waals surface area (Å²) in [6.07, 6.45) is 4.33. The highest BCUT2D eigenvalue weighted by molar-refractivity contribution is 9.10. The number of hydrogen-bond acceptors (Lipinski definition) is 3. The highest BCUT2D eigenvalue weighted by Crippen LogP contribution is 2.21. The standard InChI is InChI=1S/C14H13BrN2O2/c15-11-3-4-12(14(18)19)13(8-11)17-7-5-10-2-1-6-16-9-10/h1-4,6,8-9,17H,5,7H2,(H,18,19). The molecule has 0 radical (unpaired) electrons. The Labute approximate surface area is 119 Å². The Morgan fingerprint density at radius 3 is 2.89 bits per heavy atom. The number of rotatable bonds is 5. The number of aromatic carboxylic acids is 1. The summed E-state index contributed by atoms with van der Waals surface area (Å²) in [7, 11) is 0. The number of carbonyl (C=O) groups is 1. The minimum absolute atomic E-state index is 0.273. The molecule has 0 atom stereocenters. The van der Waals surface area contributed by atoms with E-state index in [2.05, 4.69) is 26.2 Å². The monoisotopic (exact) mass is 320 g/mol. The Hall–Kier alpha value is -1.88. The molecule has 2 rings (SSSR count). The molecule has 1 aromatic carbocycles. The van der Waals surface area contributed by atoms with Crippen molar-refractivity contribution in [2.75, 3.05) is 11.9 Å². The molecule has 0 fully saturated rings. The number of aromatic nitrogens is 1. The van der Waals surface area contributed by atoms with E-state index in [4.69, 9.17) is 5.11 Å². The van der Waals surface area contributed by atoms with Gasteiger partial charge in [-0.25, -0.2) is 4.79 Å². The summed E-state index contributed by atoms with van der Waals surface area (Å²) in [5.41, 5.74) is 2.00. The second kappa shape index (κ2) is 6.33. The molecule has 0 aliphatic carbocycles. The van der Waals surface area contributed by atoms with E-state index in [0.29, 0.717) is 12.2 Å². The maximum atomic E-state index is 11.1. The maximum Gasteiger partial charge on any atom is 0.337 e. The third-order valence-corrected chi connectivity index (χ3v) is 3.16. The second-order valence-corrected chi connectivity index (χ2v) is 4.95. The van der Waals surface area contributed by atoms with E-state index in [-0.39, 0.29) is 5.56 Å². The van der Waals surface area contributed by atoms with Gasteiger partial charge in [0.05, 0.1) is 5.56 Å². The van der Waals surface area contributed by atoms with Crippen molar-refractivity contribution < 1.29 is 9.90 Å². The number of nitrogens with zero attached hydrogens (tertiary/aromatic N) is 1. The molecule has 0 amide bonds. The van der Waals surface area contributed by atoms with Crippen molar-refractivity contribution in [1.82, 2.24) is 4.98 Å². The molecule has 4 nitrogen and oxygen atoms in total. The molecule has 0 unspecified atom stereocenters. The fourth-order valence-electron chi connectivity index (χ4n) is 1.74. The van der Waals surface area contributed by atoms with Crippen LogP contribution in [-0.4, -0.2) is 22.6 Å². The molecular weight excluding hydrogens is 308 g/mol. The van der Waals surface area contributed by atoms with Crippen molar-refractivity contribution in [3.63, 3.8) is 0 Å². The van der Waals surface area contributed by atoms with Crippen LogP contribution in [-0.2, 0) is 6.42 Å². The first-order valence-corrected chi connectivity index (χ1v) is 6.62. The van der Waals surface area contributed by atoms with Gasteiger partial charge in [-0.15, -0.1) is 0 Å². The summed E-state index contributed by atoms with van der Waals surface area (Å²) in [5.74, 6) is -0.934. The Morgan fingerprint density at radius 1 is 1.37 bits per heavy atom. The van der Waals surface area contributed by atoms with E-state index < -0.39 is 5.97 Å². The molecule has 1 aromatic heterocycles. The average Bonchev–Trinajstić information content (AvgIpc) is 2.39. The maximum absolute atomic E-state index is 11.1. The Balaban J connectivity index is 2.03. The summed E-state index contributed by atoms with van der Waals surface area (Å²) < 4.78 is 0.848. The summed E-state index contributed by atoms with van der Waals surface area (Å²) >= 11 is 3.34. The van der Waals surface area contributed by atoms with Crippen molar-refractivity contribution in [3.05, 3.63) is 58.3 Å². The van der Waals surface area contributed by atoms with Crippen molar-refractivity contribution in [1.29, 1.82) is 0 Å². The fraction of sp³-hybridized carbons (Fsp3) is 0.143. The average molecular weight is 321 g/mol. The molecule has 19 heavy (non-hydrogen) atoms. The summed E-state index contributed by atoms with van der Waals surface area (Å²) in [6.45, 7) is 0.655. The van der Waals surface area contributed by atoms with E-state index in [0.717, 1.165) is 16.5 Å². The summed E-state index contributed by atoms with van der Waals surface area (Å²) in [5, 5.41) is 12.3. The number of carboxylic acids is 1. The normalized spacial score (nSPS) is 10.2. The molecule has 2 aromatic rings. The lowest BCUT2D eigenvalue weighted by molar-refractivity contribution is 0.0698. The van der Waals surface area contributed by atoms with Gasteiger partial charge in [0.2, 0.25) is 0 Å². The van der Waals surface area contributed by atoms with Crippen molar-refractivity contribution in [2.24, 2.45) is 0 Å². The number of carboxylic acid groups (broad SMARTS) is 1. The lowest BCUT2D eigenvalue weighted by Crippen LogP contribution is -2.09. The van der Waals surface area contributed by atoms with Crippen molar-refractivity contribution >= 4 is 27.6 Å². The summed E-state index contributed by atoms with van der Waals surface area (Å²) in [4.78, 5) is 15.1. The molecule has 98 valence electrons. The van der Waals surface area contributed by atoms with Crippen LogP contribution in [0.25, 0.3) is 0 Å². The van der Waals surface area contributed by atoms with Gasteiger partial charge in [0.1, 0.15) is 0 Å². The molecule has 0 bridgehead atoms. The Bertz CT molecular complexity index is 573. The van der Waals surface area contributed by atoms with Gasteiger partial charge in [0.15, 0.2) is 0 Å². The van der Waals surface area contributed by atoms with E-state index in [1.54, 1.807) is 30.6 Å². The fourth-order valence-corrected chi connectivity index (χ4v) is 2.10. The number of benzene rings is 1. The molecule has 2 N–H and O–H groups in total. The van der Waals surface area contributed by atoms with Crippen LogP contribution in [0.3, 0.4) is 0 Å². The highest BCUT2D eigenvalue weighted by Gasteiger charge is 2.09. The predicted octanol–water partition coefficient (Wildman–Crippen LogP) is 3.20. The number of halogens is 1. The number of anilines is 1. The van der Waals surface area contributed by atoms with E-state index in [1.165, 1.54) is 0 Å². The predicted molar refractivity (Wildman–Crippen MR) is 77.5 cm³/mol. The van der Waals surface area contributed by atoms with Crippen LogP contribution in [0.2, 0.25) is 0 Å². The highest BCUT2D eigenvalue weighted by atomic mass is 79.9. The number of hydrogen-bond donors (Lipinski definition) is 2. The lowest BCUT2D eigenvalue weighted by Gasteiger charge is -2.10. The van der Waals surface area contributed by atoms with Gasteiger partial charge < -0.3 is 10.4 Å². The third-order valence-electron chi connectivity index (χ3n) is 2.66. The minimum Gasteiger partial charge on any atom is -0.478 e. The molecule has 0 saturated heterocycles. The topological polar surface area (TPSA) is 62.2 Å². The quantitative estimate of drug-likeness (QED) is 0.888. The van der Waals surface area contributed by atoms with Crippen LogP contribution in [0, 0.1) is 0 Å². The molecule has 0 saturated carbocycles. The Kier molecular flexibility index (Phi) is 4.52. The molecule has 1 heterocycles. The van der Waals surface area contributed by atoms with Crippen molar-refractivity contribution in [3.8, 4) is 0 Å². The molecule has 5 heteroatoms. The zero-order valence-corrected chi connectivity index (χ0v) is 11.7. The number of pyridine rings is 1. The first kappa shape index (κ1) is 13.5. The van der Waals surface area contributed by atoms with Crippen LogP contribution in [0.5, 0.6) is 0 Å². The second-order valence-electron chi connectivity index (χ2n) is 4.03. The van der Waals surface area contributed by atoms with Crippen LogP contribution in [0.15, 0.2) is 47.2 Å². The molecule has 0 spiro atoms. The first-order valence-electron chi connectivity index (χ1n) is 5.82. The van der Waals surface area contributed by atoms with Crippen LogP contribution in [0.4, 0.5) is 5.69 Å². The van der Waals surface area contributed by atoms with Gasteiger partial charge in [-0.3, -0.25) is 4.98 Å². The zero-order chi connectivity index (χ0) is 13.7. The van der Waals surface area contributed by atoms with E-state index >= 15 is 0 Å². The Morgan fingerprint density at radius 2 is 2.21 bits per heavy atom. The smallest absolute Gasteiger partial charge is 0.337 e. The van der Waals surface area contributed by atoms with Gasteiger partial charge in [0, 0.05) is 29.1 Å². The summed E-state index contributed by atoms with van der Waals surface area (Å²) in [6, 6.07) is 8.95. The van der Waals surface area contributed by atoms with E-state index in [9.17, 15) is 4.79 Å². The van der Waals surface area contributed by atoms with Gasteiger partial charge in [0.25, 0.3) is 0 Å². The van der Waals surface area contributed by atoms with Gasteiger partial charge in [-0.1, -0.05) is 22.0 Å². The molecule has 0 aliphatic heterocycles. The van der Waals surface area contributed by atoms with Crippen molar-refractivity contribution in [2.45, 2.75) is 6.42 Å². The van der Waals surface area contributed by atoms with Crippen LogP contribution in [0.1, 0.15) is 15.9 Å². The largest absolute Gasteiger partial charge is 0.478 e. The zero-order valence-electron chi connectivity index (χ0n) is 10.1.